The second-order valence-electron chi connectivity index (χ2n) is 5.07. The highest BCUT2D eigenvalue weighted by atomic mass is 32.1. The Hall–Kier alpha value is -1.49. The van der Waals surface area contributed by atoms with Crippen LogP contribution in [-0.2, 0) is 5.54 Å². The van der Waals surface area contributed by atoms with E-state index in [0.717, 1.165) is 16.5 Å². The van der Waals surface area contributed by atoms with Gasteiger partial charge in [-0.15, -0.1) is 11.3 Å². The summed E-state index contributed by atoms with van der Waals surface area (Å²) < 4.78 is 0. The van der Waals surface area contributed by atoms with Gasteiger partial charge in [-0.3, -0.25) is 0 Å². The summed E-state index contributed by atoms with van der Waals surface area (Å²) >= 11 is 1.64. The normalized spacial score (nSPS) is 11.8. The Morgan fingerprint density at radius 2 is 2.00 bits per heavy atom. The van der Waals surface area contributed by atoms with E-state index in [-0.39, 0.29) is 5.54 Å². The van der Waals surface area contributed by atoms with E-state index in [1.54, 1.807) is 17.7 Å². The predicted octanol–water partition coefficient (Wildman–Crippen LogP) is 3.40. The lowest BCUT2D eigenvalue weighted by molar-refractivity contribution is 0.600. The monoisotopic (exact) mass is 262 g/mol. The van der Waals surface area contributed by atoms with Gasteiger partial charge in [0, 0.05) is 23.3 Å². The van der Waals surface area contributed by atoms with Crippen molar-refractivity contribution in [1.82, 2.24) is 15.0 Å². The number of rotatable bonds is 4. The van der Waals surface area contributed by atoms with E-state index in [1.807, 2.05) is 17.6 Å². The van der Waals surface area contributed by atoms with Crippen molar-refractivity contribution in [2.75, 3.05) is 5.32 Å². The summed E-state index contributed by atoms with van der Waals surface area (Å²) in [6, 6.07) is 2.00. The molecule has 0 aromatic carbocycles. The molecule has 0 aliphatic heterocycles. The highest BCUT2D eigenvalue weighted by Gasteiger charge is 2.23. The van der Waals surface area contributed by atoms with Crippen LogP contribution < -0.4 is 5.32 Å². The van der Waals surface area contributed by atoms with Crippen molar-refractivity contribution in [1.29, 1.82) is 0 Å². The summed E-state index contributed by atoms with van der Waals surface area (Å²) in [7, 11) is 0. The van der Waals surface area contributed by atoms with Crippen LogP contribution in [0, 0.1) is 0 Å². The van der Waals surface area contributed by atoms with Crippen molar-refractivity contribution in [3.05, 3.63) is 34.7 Å². The van der Waals surface area contributed by atoms with Gasteiger partial charge in [-0.1, -0.05) is 13.8 Å². The van der Waals surface area contributed by atoms with Gasteiger partial charge in [0.05, 0.1) is 5.54 Å². The number of hydrogen-bond donors (Lipinski definition) is 1. The molecule has 4 nitrogen and oxygen atoms in total. The first-order chi connectivity index (χ1) is 8.49. The maximum atomic E-state index is 4.35. The summed E-state index contributed by atoms with van der Waals surface area (Å²) in [6.45, 7) is 8.45. The Morgan fingerprint density at radius 3 is 2.61 bits per heavy atom. The van der Waals surface area contributed by atoms with Crippen molar-refractivity contribution in [3.63, 3.8) is 0 Å². The molecule has 0 aliphatic carbocycles. The summed E-state index contributed by atoms with van der Waals surface area (Å²) in [5, 5.41) is 6.45. The third-order valence-corrected chi connectivity index (χ3v) is 3.78. The second-order valence-corrected chi connectivity index (χ2v) is 5.96. The molecule has 0 atom stereocenters. The first-order valence-electron chi connectivity index (χ1n) is 5.99. The van der Waals surface area contributed by atoms with Gasteiger partial charge >= 0.3 is 0 Å². The molecule has 0 bridgehead atoms. The Balaban J connectivity index is 2.21. The topological polar surface area (TPSA) is 50.7 Å². The van der Waals surface area contributed by atoms with E-state index in [2.05, 4.69) is 48.0 Å². The van der Waals surface area contributed by atoms with Crippen molar-refractivity contribution in [2.45, 2.75) is 39.2 Å². The molecule has 0 saturated carbocycles. The molecule has 0 radical (unpaired) electrons. The Kier molecular flexibility index (Phi) is 3.61. The molecule has 0 spiro atoms. The molecule has 0 unspecified atom stereocenters. The molecule has 1 N–H and O–H groups in total. The molecule has 2 heterocycles. The number of aromatic nitrogens is 3. The number of thiazole rings is 1. The minimum atomic E-state index is -0.225. The number of nitrogens with zero attached hydrogens (tertiary/aromatic N) is 3. The van der Waals surface area contributed by atoms with E-state index in [0.29, 0.717) is 5.92 Å². The Labute approximate surface area is 112 Å². The molecular formula is C13H18N4S. The summed E-state index contributed by atoms with van der Waals surface area (Å²) in [5.41, 5.74) is 0.818. The fourth-order valence-electron chi connectivity index (χ4n) is 1.66. The predicted molar refractivity (Wildman–Crippen MR) is 74.9 cm³/mol. The molecule has 2 rings (SSSR count). The molecule has 96 valence electrons. The van der Waals surface area contributed by atoms with Crippen LogP contribution in [0.1, 0.15) is 44.3 Å². The fraction of sp³-hybridized carbons (Fsp3) is 0.462. The third-order valence-electron chi connectivity index (χ3n) is 2.69. The Morgan fingerprint density at radius 1 is 1.22 bits per heavy atom. The van der Waals surface area contributed by atoms with Crippen LogP contribution in [0.15, 0.2) is 24.0 Å². The van der Waals surface area contributed by atoms with Gasteiger partial charge in [0.25, 0.3) is 0 Å². The zero-order valence-electron chi connectivity index (χ0n) is 11.1. The fourth-order valence-corrected chi connectivity index (χ4v) is 2.38. The Bertz CT molecular complexity index is 505. The quantitative estimate of drug-likeness (QED) is 0.917. The third kappa shape index (κ3) is 2.85. The van der Waals surface area contributed by atoms with Crippen molar-refractivity contribution < 1.29 is 0 Å². The number of nitrogens with one attached hydrogen (secondary N) is 1. The maximum Gasteiger partial charge on any atom is 0.130 e. The van der Waals surface area contributed by atoms with Crippen LogP contribution in [0.2, 0.25) is 0 Å². The molecule has 5 heteroatoms. The molecule has 18 heavy (non-hydrogen) atoms. The van der Waals surface area contributed by atoms with Gasteiger partial charge in [0.2, 0.25) is 0 Å². The standard InChI is InChI=1S/C13H18N4S/c1-9(2)10-7-11(16-8-15-10)17-13(3,4)12-14-5-6-18-12/h5-9H,1-4H3,(H,15,16,17). The summed E-state index contributed by atoms with van der Waals surface area (Å²) in [4.78, 5) is 12.9. The lowest BCUT2D eigenvalue weighted by atomic mass is 10.1. The summed E-state index contributed by atoms with van der Waals surface area (Å²) in [6.07, 6.45) is 3.43. The van der Waals surface area contributed by atoms with Crippen molar-refractivity contribution in [3.8, 4) is 0 Å². The van der Waals surface area contributed by atoms with E-state index < -0.39 is 0 Å². The zero-order valence-corrected chi connectivity index (χ0v) is 12.0. The van der Waals surface area contributed by atoms with Crippen LogP contribution in [0.25, 0.3) is 0 Å². The maximum absolute atomic E-state index is 4.35. The average molecular weight is 262 g/mol. The van der Waals surface area contributed by atoms with Gasteiger partial charge in [0.1, 0.15) is 17.2 Å². The molecular weight excluding hydrogens is 244 g/mol. The highest BCUT2D eigenvalue weighted by molar-refractivity contribution is 7.09. The minimum Gasteiger partial charge on any atom is -0.359 e. The van der Waals surface area contributed by atoms with Crippen molar-refractivity contribution in [2.24, 2.45) is 0 Å². The molecule has 0 fully saturated rings. The molecule has 0 aliphatic rings. The first-order valence-corrected chi connectivity index (χ1v) is 6.87. The van der Waals surface area contributed by atoms with Gasteiger partial charge in [-0.05, 0) is 19.8 Å². The van der Waals surface area contributed by atoms with E-state index in [9.17, 15) is 0 Å². The van der Waals surface area contributed by atoms with Gasteiger partial charge < -0.3 is 5.32 Å². The van der Waals surface area contributed by atoms with Gasteiger partial charge in [-0.2, -0.15) is 0 Å². The lowest BCUT2D eigenvalue weighted by Gasteiger charge is -2.24. The number of hydrogen-bond acceptors (Lipinski definition) is 5. The molecule has 2 aromatic rings. The van der Waals surface area contributed by atoms with Crippen LogP contribution in [-0.4, -0.2) is 15.0 Å². The smallest absolute Gasteiger partial charge is 0.130 e. The first kappa shape index (κ1) is 13.0. The molecule has 0 amide bonds. The van der Waals surface area contributed by atoms with E-state index >= 15 is 0 Å². The lowest BCUT2D eigenvalue weighted by Crippen LogP contribution is -2.28. The second kappa shape index (κ2) is 5.02. The average Bonchev–Trinajstić information content (AvgIpc) is 2.82. The van der Waals surface area contributed by atoms with Crippen molar-refractivity contribution >= 4 is 17.2 Å². The highest BCUT2D eigenvalue weighted by Crippen LogP contribution is 2.26. The van der Waals surface area contributed by atoms with Crippen LogP contribution in [0.4, 0.5) is 5.82 Å². The van der Waals surface area contributed by atoms with E-state index in [1.165, 1.54) is 0 Å². The van der Waals surface area contributed by atoms with Crippen LogP contribution in [0.5, 0.6) is 0 Å². The van der Waals surface area contributed by atoms with Gasteiger partial charge in [-0.25, -0.2) is 15.0 Å². The summed E-state index contributed by atoms with van der Waals surface area (Å²) in [5.74, 6) is 1.24. The van der Waals surface area contributed by atoms with Crippen LogP contribution >= 0.6 is 11.3 Å². The molecule has 0 saturated heterocycles. The minimum absolute atomic E-state index is 0.225. The van der Waals surface area contributed by atoms with Crippen LogP contribution in [0.3, 0.4) is 0 Å². The van der Waals surface area contributed by atoms with Gasteiger partial charge in [0.15, 0.2) is 0 Å². The largest absolute Gasteiger partial charge is 0.359 e. The number of anilines is 1. The SMILES string of the molecule is CC(C)c1cc(NC(C)(C)c2nccs2)ncn1. The van der Waals surface area contributed by atoms with E-state index in [4.69, 9.17) is 0 Å². The zero-order chi connectivity index (χ0) is 13.2. The molecule has 2 aromatic heterocycles.